The summed E-state index contributed by atoms with van der Waals surface area (Å²) in [5, 5.41) is 0. The molecule has 132 valence electrons. The Morgan fingerprint density at radius 1 is 1.36 bits per heavy atom. The molecule has 1 aromatic carbocycles. The fourth-order valence-electron chi connectivity index (χ4n) is 3.28. The fourth-order valence-corrected chi connectivity index (χ4v) is 3.28. The van der Waals surface area contributed by atoms with Crippen molar-refractivity contribution in [1.82, 2.24) is 14.9 Å². The molecule has 1 atom stereocenters. The summed E-state index contributed by atoms with van der Waals surface area (Å²) >= 11 is 0. The molecule has 2 heterocycles. The Hall–Kier alpha value is -2.63. The maximum Gasteiger partial charge on any atom is 0.307 e. The number of ether oxygens (including phenoxy) is 1. The van der Waals surface area contributed by atoms with E-state index in [2.05, 4.69) is 9.97 Å². The van der Waals surface area contributed by atoms with Gasteiger partial charge in [-0.25, -0.2) is 4.98 Å². The van der Waals surface area contributed by atoms with Crippen molar-refractivity contribution in [3.8, 4) is 11.4 Å². The van der Waals surface area contributed by atoms with E-state index in [0.29, 0.717) is 18.7 Å². The second-order valence-electron chi connectivity index (χ2n) is 6.18. The van der Waals surface area contributed by atoms with Crippen LogP contribution in [0.25, 0.3) is 11.4 Å². The highest BCUT2D eigenvalue weighted by Crippen LogP contribution is 2.24. The highest BCUT2D eigenvalue weighted by molar-refractivity contribution is 5.95. The van der Waals surface area contributed by atoms with Crippen LogP contribution in [-0.4, -0.2) is 45.9 Å². The standard InChI is InChI=1S/C19H23N3O3/c1-2-25-17(23)13-16-8-3-4-11-22(16)19(24)15-7-5-6-14(12-15)18-20-9-10-21-18/h5-7,9-10,12,16H,2-4,8,11,13H2,1H3,(H,20,21)/t16-/m0/s1. The Balaban J connectivity index is 1.78. The third-order valence-electron chi connectivity index (χ3n) is 4.48. The van der Waals surface area contributed by atoms with Crippen LogP contribution in [0.15, 0.2) is 36.7 Å². The highest BCUT2D eigenvalue weighted by Gasteiger charge is 2.29. The van der Waals surface area contributed by atoms with Crippen molar-refractivity contribution >= 4 is 11.9 Å². The number of nitrogens with one attached hydrogen (secondary N) is 1. The van der Waals surface area contributed by atoms with Crippen molar-refractivity contribution in [2.24, 2.45) is 0 Å². The largest absolute Gasteiger partial charge is 0.466 e. The van der Waals surface area contributed by atoms with Crippen LogP contribution < -0.4 is 0 Å². The number of H-pyrrole nitrogens is 1. The minimum absolute atomic E-state index is 0.0394. The number of nitrogens with zero attached hydrogens (tertiary/aromatic N) is 2. The van der Waals surface area contributed by atoms with Crippen molar-refractivity contribution in [3.63, 3.8) is 0 Å². The van der Waals surface area contributed by atoms with E-state index in [1.54, 1.807) is 19.3 Å². The number of aromatic nitrogens is 2. The molecule has 25 heavy (non-hydrogen) atoms. The average molecular weight is 341 g/mol. The quantitative estimate of drug-likeness (QED) is 0.848. The maximum absolute atomic E-state index is 13.0. The monoisotopic (exact) mass is 341 g/mol. The first-order chi connectivity index (χ1) is 12.2. The van der Waals surface area contributed by atoms with Crippen LogP contribution in [-0.2, 0) is 9.53 Å². The molecule has 0 aliphatic carbocycles. The van der Waals surface area contributed by atoms with Crippen LogP contribution >= 0.6 is 0 Å². The topological polar surface area (TPSA) is 75.3 Å². The summed E-state index contributed by atoms with van der Waals surface area (Å²) in [7, 11) is 0. The number of esters is 1. The number of hydrogen-bond acceptors (Lipinski definition) is 4. The number of imidazole rings is 1. The summed E-state index contributed by atoms with van der Waals surface area (Å²) in [4.78, 5) is 34.0. The molecule has 0 unspecified atom stereocenters. The van der Waals surface area contributed by atoms with Gasteiger partial charge in [0.1, 0.15) is 5.82 Å². The van der Waals surface area contributed by atoms with Crippen LogP contribution in [0.1, 0.15) is 43.0 Å². The molecule has 0 bridgehead atoms. The molecule has 1 aliphatic heterocycles. The van der Waals surface area contributed by atoms with Crippen LogP contribution in [0.5, 0.6) is 0 Å². The molecule has 1 aromatic heterocycles. The average Bonchev–Trinajstić information content (AvgIpc) is 3.17. The fraction of sp³-hybridized carbons (Fsp3) is 0.421. The second kappa shape index (κ2) is 7.96. The molecule has 2 aromatic rings. The zero-order valence-electron chi connectivity index (χ0n) is 14.4. The SMILES string of the molecule is CCOC(=O)C[C@@H]1CCCCN1C(=O)c1cccc(-c2ncc[nH]2)c1. The number of piperidine rings is 1. The predicted molar refractivity (Wildman–Crippen MR) is 93.9 cm³/mol. The molecule has 1 aliphatic rings. The number of hydrogen-bond donors (Lipinski definition) is 1. The molecule has 0 spiro atoms. The van der Waals surface area contributed by atoms with E-state index < -0.39 is 0 Å². The van der Waals surface area contributed by atoms with Crippen LogP contribution in [0.4, 0.5) is 0 Å². The van der Waals surface area contributed by atoms with E-state index in [9.17, 15) is 9.59 Å². The number of benzene rings is 1. The van der Waals surface area contributed by atoms with E-state index >= 15 is 0 Å². The molecular weight excluding hydrogens is 318 g/mol. The van der Waals surface area contributed by atoms with E-state index in [-0.39, 0.29) is 24.3 Å². The van der Waals surface area contributed by atoms with Gasteiger partial charge in [0.15, 0.2) is 0 Å². The van der Waals surface area contributed by atoms with Crippen molar-refractivity contribution in [1.29, 1.82) is 0 Å². The van der Waals surface area contributed by atoms with Crippen molar-refractivity contribution in [2.75, 3.05) is 13.2 Å². The van der Waals surface area contributed by atoms with E-state index in [1.807, 2.05) is 29.2 Å². The van der Waals surface area contributed by atoms with Crippen LogP contribution in [0, 0.1) is 0 Å². The lowest BCUT2D eigenvalue weighted by Crippen LogP contribution is -2.45. The predicted octanol–water partition coefficient (Wildman–Crippen LogP) is 3.02. The minimum atomic E-state index is -0.239. The van der Waals surface area contributed by atoms with Crippen molar-refractivity contribution in [3.05, 3.63) is 42.2 Å². The van der Waals surface area contributed by atoms with Gasteiger partial charge in [0.25, 0.3) is 5.91 Å². The van der Waals surface area contributed by atoms with Gasteiger partial charge in [-0.1, -0.05) is 12.1 Å². The number of carbonyl (C=O) groups is 2. The maximum atomic E-state index is 13.0. The number of carbonyl (C=O) groups excluding carboxylic acids is 2. The van der Waals surface area contributed by atoms with E-state index in [4.69, 9.17) is 4.74 Å². The summed E-state index contributed by atoms with van der Waals surface area (Å²) in [5.41, 5.74) is 1.49. The van der Waals surface area contributed by atoms with Crippen LogP contribution in [0.3, 0.4) is 0 Å². The lowest BCUT2D eigenvalue weighted by atomic mass is 9.98. The van der Waals surface area contributed by atoms with Crippen molar-refractivity contribution < 1.29 is 14.3 Å². The first-order valence-corrected chi connectivity index (χ1v) is 8.75. The Morgan fingerprint density at radius 2 is 2.24 bits per heavy atom. The summed E-state index contributed by atoms with van der Waals surface area (Å²) < 4.78 is 5.06. The van der Waals surface area contributed by atoms with Crippen molar-refractivity contribution in [2.45, 2.75) is 38.6 Å². The van der Waals surface area contributed by atoms with Gasteiger partial charge >= 0.3 is 5.97 Å². The molecule has 1 N–H and O–H groups in total. The molecule has 0 saturated carbocycles. The summed E-state index contributed by atoms with van der Waals surface area (Å²) in [6.07, 6.45) is 6.52. The van der Waals surface area contributed by atoms with Gasteiger partial charge in [-0.3, -0.25) is 9.59 Å². The second-order valence-corrected chi connectivity index (χ2v) is 6.18. The highest BCUT2D eigenvalue weighted by atomic mass is 16.5. The summed E-state index contributed by atoms with van der Waals surface area (Å²) in [6, 6.07) is 7.34. The van der Waals surface area contributed by atoms with Gasteiger partial charge in [0, 0.05) is 36.1 Å². The van der Waals surface area contributed by atoms with Gasteiger partial charge < -0.3 is 14.6 Å². The summed E-state index contributed by atoms with van der Waals surface area (Å²) in [6.45, 7) is 2.83. The molecule has 6 nitrogen and oxygen atoms in total. The van der Waals surface area contributed by atoms with Gasteiger partial charge in [-0.2, -0.15) is 0 Å². The number of rotatable bonds is 5. The first kappa shape index (κ1) is 17.2. The molecule has 3 rings (SSSR count). The van der Waals surface area contributed by atoms with E-state index in [0.717, 1.165) is 30.7 Å². The Labute approximate surface area is 147 Å². The number of likely N-dealkylation sites (tertiary alicyclic amines) is 1. The normalized spacial score (nSPS) is 17.3. The molecule has 1 amide bonds. The molecule has 1 fully saturated rings. The van der Waals surface area contributed by atoms with Gasteiger partial charge in [0.2, 0.25) is 0 Å². The Morgan fingerprint density at radius 3 is 3.00 bits per heavy atom. The zero-order valence-corrected chi connectivity index (χ0v) is 14.4. The Bertz CT molecular complexity index is 727. The smallest absolute Gasteiger partial charge is 0.307 e. The molecule has 0 radical (unpaired) electrons. The minimum Gasteiger partial charge on any atom is -0.466 e. The van der Waals surface area contributed by atoms with E-state index in [1.165, 1.54) is 0 Å². The first-order valence-electron chi connectivity index (χ1n) is 8.75. The van der Waals surface area contributed by atoms with Gasteiger partial charge in [-0.15, -0.1) is 0 Å². The molecule has 6 heteroatoms. The molecular formula is C19H23N3O3. The Kier molecular flexibility index (Phi) is 5.48. The zero-order chi connectivity index (χ0) is 17.6. The number of aromatic amines is 1. The number of amides is 1. The van der Waals surface area contributed by atoms with Crippen LogP contribution in [0.2, 0.25) is 0 Å². The lowest BCUT2D eigenvalue weighted by Gasteiger charge is -2.35. The summed E-state index contributed by atoms with van der Waals surface area (Å²) in [5.74, 6) is 0.454. The third-order valence-corrected chi connectivity index (χ3v) is 4.48. The lowest BCUT2D eigenvalue weighted by molar-refractivity contribution is -0.144. The third kappa shape index (κ3) is 4.07. The molecule has 1 saturated heterocycles. The van der Waals surface area contributed by atoms with Gasteiger partial charge in [0.05, 0.1) is 13.0 Å². The van der Waals surface area contributed by atoms with Gasteiger partial charge in [-0.05, 0) is 38.3 Å².